The number of amides is 1. The van der Waals surface area contributed by atoms with E-state index in [1.807, 2.05) is 0 Å². The first-order valence-corrected chi connectivity index (χ1v) is 5.54. The molecular weight excluding hydrogens is 218 g/mol. The fourth-order valence-corrected chi connectivity index (χ4v) is 1.74. The summed E-state index contributed by atoms with van der Waals surface area (Å²) in [4.78, 5) is 16.0. The summed E-state index contributed by atoms with van der Waals surface area (Å²) in [5.41, 5.74) is 7.31. The van der Waals surface area contributed by atoms with Gasteiger partial charge in [0.05, 0.1) is 5.54 Å². The summed E-state index contributed by atoms with van der Waals surface area (Å²) >= 11 is 0. The molecule has 5 heteroatoms. The summed E-state index contributed by atoms with van der Waals surface area (Å²) in [5, 5.41) is 2.80. The molecule has 3 rings (SSSR count). The Kier molecular flexibility index (Phi) is 2.00. The second-order valence-electron chi connectivity index (χ2n) is 4.53. The minimum absolute atomic E-state index is 0.128. The standard InChI is InChI=1S/C12H13N3O2/c1-7-14-9-6-8(2-3-10(9)17-7)15-11(16)12(13)4-5-12/h2-3,6H,4-5,13H2,1H3,(H,15,16). The average molecular weight is 231 g/mol. The van der Waals surface area contributed by atoms with E-state index >= 15 is 0 Å². The predicted octanol–water partition coefficient (Wildman–Crippen LogP) is 1.57. The number of benzene rings is 1. The number of rotatable bonds is 2. The lowest BCUT2D eigenvalue weighted by Gasteiger charge is -2.09. The third kappa shape index (κ3) is 1.78. The van der Waals surface area contributed by atoms with Gasteiger partial charge in [0.25, 0.3) is 0 Å². The van der Waals surface area contributed by atoms with Crippen LogP contribution in [0.5, 0.6) is 0 Å². The zero-order valence-electron chi connectivity index (χ0n) is 9.49. The summed E-state index contributed by atoms with van der Waals surface area (Å²) in [5.74, 6) is 0.484. The van der Waals surface area contributed by atoms with E-state index in [1.54, 1.807) is 25.1 Å². The molecule has 0 spiro atoms. The number of anilines is 1. The molecule has 1 aliphatic rings. The average Bonchev–Trinajstić information content (AvgIpc) is 2.91. The number of fused-ring (bicyclic) bond motifs is 1. The van der Waals surface area contributed by atoms with E-state index in [9.17, 15) is 4.79 Å². The number of nitrogens with two attached hydrogens (primary N) is 1. The van der Waals surface area contributed by atoms with Gasteiger partial charge in [-0.1, -0.05) is 0 Å². The third-order valence-corrected chi connectivity index (χ3v) is 2.99. The van der Waals surface area contributed by atoms with Crippen LogP contribution >= 0.6 is 0 Å². The van der Waals surface area contributed by atoms with Crippen LogP contribution in [0.1, 0.15) is 18.7 Å². The normalized spacial score (nSPS) is 17.1. The Morgan fingerprint density at radius 2 is 2.29 bits per heavy atom. The van der Waals surface area contributed by atoms with Gasteiger partial charge >= 0.3 is 0 Å². The molecule has 1 saturated carbocycles. The van der Waals surface area contributed by atoms with Crippen molar-refractivity contribution >= 4 is 22.7 Å². The maximum atomic E-state index is 11.8. The lowest BCUT2D eigenvalue weighted by molar-refractivity contribution is -0.118. The van der Waals surface area contributed by atoms with Gasteiger partial charge in [0, 0.05) is 12.6 Å². The Morgan fingerprint density at radius 3 is 3.00 bits per heavy atom. The van der Waals surface area contributed by atoms with E-state index in [0.717, 1.165) is 23.9 Å². The third-order valence-electron chi connectivity index (χ3n) is 2.99. The van der Waals surface area contributed by atoms with Crippen molar-refractivity contribution < 1.29 is 9.21 Å². The first-order valence-electron chi connectivity index (χ1n) is 5.54. The van der Waals surface area contributed by atoms with Crippen LogP contribution in [0.25, 0.3) is 11.1 Å². The fourth-order valence-electron chi connectivity index (χ4n) is 1.74. The number of hydrogen-bond acceptors (Lipinski definition) is 4. The zero-order chi connectivity index (χ0) is 12.0. The Labute approximate surface area is 98.0 Å². The minimum atomic E-state index is -0.658. The molecule has 88 valence electrons. The Balaban J connectivity index is 1.87. The molecule has 1 heterocycles. The highest BCUT2D eigenvalue weighted by atomic mass is 16.3. The molecule has 0 radical (unpaired) electrons. The Bertz CT molecular complexity index is 599. The van der Waals surface area contributed by atoms with Gasteiger partial charge in [-0.25, -0.2) is 4.98 Å². The summed E-state index contributed by atoms with van der Waals surface area (Å²) in [6.45, 7) is 1.79. The molecule has 0 aliphatic heterocycles. The predicted molar refractivity (Wildman–Crippen MR) is 63.5 cm³/mol. The molecule has 0 saturated heterocycles. The van der Waals surface area contributed by atoms with Crippen LogP contribution < -0.4 is 11.1 Å². The number of carbonyl (C=O) groups is 1. The highest BCUT2D eigenvalue weighted by molar-refractivity contribution is 6.00. The molecule has 0 bridgehead atoms. The summed E-state index contributed by atoms with van der Waals surface area (Å²) in [7, 11) is 0. The molecule has 1 amide bonds. The largest absolute Gasteiger partial charge is 0.441 e. The number of carbonyl (C=O) groups excluding carboxylic acids is 1. The molecular formula is C12H13N3O2. The van der Waals surface area contributed by atoms with Crippen LogP contribution in [0.15, 0.2) is 22.6 Å². The lowest BCUT2D eigenvalue weighted by atomic mass is 10.2. The second-order valence-corrected chi connectivity index (χ2v) is 4.53. The number of oxazole rings is 1. The van der Waals surface area contributed by atoms with E-state index in [-0.39, 0.29) is 5.91 Å². The maximum Gasteiger partial charge on any atom is 0.244 e. The van der Waals surface area contributed by atoms with E-state index in [0.29, 0.717) is 11.6 Å². The maximum absolute atomic E-state index is 11.8. The van der Waals surface area contributed by atoms with Gasteiger partial charge in [-0.05, 0) is 31.0 Å². The van der Waals surface area contributed by atoms with Crippen molar-refractivity contribution in [3.63, 3.8) is 0 Å². The second kappa shape index (κ2) is 3.30. The molecule has 1 aromatic carbocycles. The van der Waals surface area contributed by atoms with Gasteiger partial charge in [-0.15, -0.1) is 0 Å². The van der Waals surface area contributed by atoms with Crippen LogP contribution in [0.4, 0.5) is 5.69 Å². The Hall–Kier alpha value is -1.88. The van der Waals surface area contributed by atoms with Crippen LogP contribution in [0.2, 0.25) is 0 Å². The van der Waals surface area contributed by atoms with Crippen molar-refractivity contribution in [2.45, 2.75) is 25.3 Å². The number of nitrogens with one attached hydrogen (secondary N) is 1. The van der Waals surface area contributed by atoms with Crippen LogP contribution in [-0.4, -0.2) is 16.4 Å². The van der Waals surface area contributed by atoms with Crippen LogP contribution in [0.3, 0.4) is 0 Å². The summed E-state index contributed by atoms with van der Waals surface area (Å²) < 4.78 is 5.36. The number of aromatic nitrogens is 1. The first kappa shape index (κ1) is 10.3. The quantitative estimate of drug-likeness (QED) is 0.821. The number of nitrogens with zero attached hydrogens (tertiary/aromatic N) is 1. The molecule has 5 nitrogen and oxygen atoms in total. The fraction of sp³-hybridized carbons (Fsp3) is 0.333. The smallest absolute Gasteiger partial charge is 0.244 e. The van der Waals surface area contributed by atoms with Gasteiger partial charge in [-0.3, -0.25) is 4.79 Å². The minimum Gasteiger partial charge on any atom is -0.441 e. The molecule has 1 aliphatic carbocycles. The first-order chi connectivity index (χ1) is 8.07. The molecule has 2 aromatic rings. The Morgan fingerprint density at radius 1 is 1.53 bits per heavy atom. The van der Waals surface area contributed by atoms with Gasteiger partial charge in [0.1, 0.15) is 5.52 Å². The number of hydrogen-bond donors (Lipinski definition) is 2. The van der Waals surface area contributed by atoms with Gasteiger partial charge in [-0.2, -0.15) is 0 Å². The van der Waals surface area contributed by atoms with Crippen molar-refractivity contribution in [3.05, 3.63) is 24.1 Å². The van der Waals surface area contributed by atoms with Crippen LogP contribution in [-0.2, 0) is 4.79 Å². The van der Waals surface area contributed by atoms with Crippen molar-refractivity contribution in [2.24, 2.45) is 5.73 Å². The molecule has 0 atom stereocenters. The van der Waals surface area contributed by atoms with E-state index in [1.165, 1.54) is 0 Å². The van der Waals surface area contributed by atoms with Crippen molar-refractivity contribution in [1.82, 2.24) is 4.98 Å². The van der Waals surface area contributed by atoms with Crippen LogP contribution in [0, 0.1) is 6.92 Å². The van der Waals surface area contributed by atoms with Gasteiger partial charge in [0.2, 0.25) is 5.91 Å². The molecule has 1 aromatic heterocycles. The summed E-state index contributed by atoms with van der Waals surface area (Å²) in [6.07, 6.45) is 1.51. The highest BCUT2D eigenvalue weighted by Gasteiger charge is 2.45. The molecule has 1 fully saturated rings. The van der Waals surface area contributed by atoms with E-state index in [2.05, 4.69) is 10.3 Å². The van der Waals surface area contributed by atoms with Crippen molar-refractivity contribution in [1.29, 1.82) is 0 Å². The monoisotopic (exact) mass is 231 g/mol. The number of aryl methyl sites for hydroxylation is 1. The molecule has 3 N–H and O–H groups in total. The summed E-state index contributed by atoms with van der Waals surface area (Å²) in [6, 6.07) is 5.37. The topological polar surface area (TPSA) is 81.2 Å². The van der Waals surface area contributed by atoms with Gasteiger partial charge in [0.15, 0.2) is 11.5 Å². The SMILES string of the molecule is Cc1nc2cc(NC(=O)C3(N)CC3)ccc2o1. The van der Waals surface area contributed by atoms with Gasteiger partial charge < -0.3 is 15.5 Å². The van der Waals surface area contributed by atoms with E-state index < -0.39 is 5.54 Å². The van der Waals surface area contributed by atoms with Crippen molar-refractivity contribution in [2.75, 3.05) is 5.32 Å². The molecule has 0 unspecified atom stereocenters. The zero-order valence-corrected chi connectivity index (χ0v) is 9.49. The highest BCUT2D eigenvalue weighted by Crippen LogP contribution is 2.33. The van der Waals surface area contributed by atoms with Crippen molar-refractivity contribution in [3.8, 4) is 0 Å². The van der Waals surface area contributed by atoms with E-state index in [4.69, 9.17) is 10.2 Å². The lowest BCUT2D eigenvalue weighted by Crippen LogP contribution is -2.37. The molecule has 17 heavy (non-hydrogen) atoms.